The van der Waals surface area contributed by atoms with E-state index in [1.807, 2.05) is 24.3 Å². The van der Waals surface area contributed by atoms with Crippen LogP contribution >= 0.6 is 15.9 Å². The summed E-state index contributed by atoms with van der Waals surface area (Å²) in [5, 5.41) is 5.30. The van der Waals surface area contributed by atoms with Crippen molar-refractivity contribution < 1.29 is 4.39 Å². The lowest BCUT2D eigenvalue weighted by molar-refractivity contribution is 0.621. The molecular weight excluding hydrogens is 297 g/mol. The smallest absolute Gasteiger partial charge is 0.139 e. The maximum atomic E-state index is 13.4. The number of nitrogen functional groups attached to an aromatic ring is 1. The average molecular weight is 306 g/mol. The van der Waals surface area contributed by atoms with Crippen molar-refractivity contribution in [2.24, 2.45) is 0 Å². The summed E-state index contributed by atoms with van der Waals surface area (Å²) in [5.74, 6) is -0.382. The summed E-state index contributed by atoms with van der Waals surface area (Å²) in [6.07, 6.45) is 1.76. The van der Waals surface area contributed by atoms with Gasteiger partial charge < -0.3 is 5.73 Å². The topological polar surface area (TPSA) is 43.8 Å². The number of fused-ring (bicyclic) bond motifs is 1. The van der Waals surface area contributed by atoms with Crippen molar-refractivity contribution in [1.82, 2.24) is 9.78 Å². The van der Waals surface area contributed by atoms with Crippen molar-refractivity contribution in [3.05, 3.63) is 52.9 Å². The number of hydrogen-bond donors (Lipinski definition) is 1. The van der Waals surface area contributed by atoms with E-state index in [0.717, 1.165) is 10.9 Å². The summed E-state index contributed by atoms with van der Waals surface area (Å²) < 4.78 is 15.4. The summed E-state index contributed by atoms with van der Waals surface area (Å²) in [6.45, 7) is 0. The molecule has 90 valence electrons. The van der Waals surface area contributed by atoms with Gasteiger partial charge in [0.25, 0.3) is 0 Å². The summed E-state index contributed by atoms with van der Waals surface area (Å²) in [6, 6.07) is 10.7. The van der Waals surface area contributed by atoms with Crippen molar-refractivity contribution in [1.29, 1.82) is 0 Å². The second-order valence-corrected chi connectivity index (χ2v) is 4.79. The van der Waals surface area contributed by atoms with Crippen LogP contribution in [0.1, 0.15) is 0 Å². The normalized spacial score (nSPS) is 11.0. The molecule has 2 aromatic carbocycles. The minimum atomic E-state index is -0.382. The molecule has 0 radical (unpaired) electrons. The van der Waals surface area contributed by atoms with Gasteiger partial charge in [-0.3, -0.25) is 0 Å². The van der Waals surface area contributed by atoms with Gasteiger partial charge in [0, 0.05) is 11.5 Å². The van der Waals surface area contributed by atoms with Crippen LogP contribution in [-0.4, -0.2) is 9.78 Å². The highest BCUT2D eigenvalue weighted by atomic mass is 79.9. The molecule has 0 amide bonds. The second kappa shape index (κ2) is 4.10. The average Bonchev–Trinajstić information content (AvgIpc) is 2.78. The number of nitrogens with zero attached hydrogens (tertiary/aromatic N) is 2. The number of aromatic nitrogens is 2. The van der Waals surface area contributed by atoms with E-state index in [1.165, 1.54) is 6.07 Å². The van der Waals surface area contributed by atoms with E-state index in [0.29, 0.717) is 15.8 Å². The van der Waals surface area contributed by atoms with Crippen molar-refractivity contribution in [2.75, 3.05) is 5.73 Å². The van der Waals surface area contributed by atoms with Crippen LogP contribution in [-0.2, 0) is 0 Å². The molecule has 0 fully saturated rings. The molecule has 0 bridgehead atoms. The van der Waals surface area contributed by atoms with E-state index in [2.05, 4.69) is 21.0 Å². The Labute approximate surface area is 111 Å². The molecule has 2 N–H and O–H groups in total. The third kappa shape index (κ3) is 1.67. The number of anilines is 1. The quantitative estimate of drug-likeness (QED) is 0.699. The lowest BCUT2D eigenvalue weighted by Gasteiger charge is -2.08. The van der Waals surface area contributed by atoms with Crippen LogP contribution in [0.5, 0.6) is 0 Å². The van der Waals surface area contributed by atoms with Crippen LogP contribution in [0.2, 0.25) is 0 Å². The third-order valence-electron chi connectivity index (χ3n) is 2.78. The zero-order valence-electron chi connectivity index (χ0n) is 9.27. The molecule has 0 aliphatic heterocycles. The number of halogens is 2. The zero-order chi connectivity index (χ0) is 12.7. The van der Waals surface area contributed by atoms with Gasteiger partial charge in [0.1, 0.15) is 5.82 Å². The summed E-state index contributed by atoms with van der Waals surface area (Å²) >= 11 is 3.16. The van der Waals surface area contributed by atoms with Crippen LogP contribution in [0.15, 0.2) is 47.1 Å². The Kier molecular flexibility index (Phi) is 2.56. The van der Waals surface area contributed by atoms with E-state index < -0.39 is 0 Å². The fourth-order valence-electron chi connectivity index (χ4n) is 1.90. The molecule has 18 heavy (non-hydrogen) atoms. The predicted octanol–water partition coefficient (Wildman–Crippen LogP) is 3.51. The largest absolute Gasteiger partial charge is 0.397 e. The van der Waals surface area contributed by atoms with Gasteiger partial charge >= 0.3 is 0 Å². The maximum absolute atomic E-state index is 13.4. The van der Waals surface area contributed by atoms with Gasteiger partial charge in [-0.1, -0.05) is 18.2 Å². The van der Waals surface area contributed by atoms with Gasteiger partial charge in [0.15, 0.2) is 0 Å². The maximum Gasteiger partial charge on any atom is 0.139 e. The summed E-state index contributed by atoms with van der Waals surface area (Å²) in [7, 11) is 0. The Morgan fingerprint density at radius 1 is 1.22 bits per heavy atom. The van der Waals surface area contributed by atoms with Crippen LogP contribution in [0.4, 0.5) is 10.1 Å². The summed E-state index contributed by atoms with van der Waals surface area (Å²) in [4.78, 5) is 0. The van der Waals surface area contributed by atoms with Crippen LogP contribution in [0.3, 0.4) is 0 Å². The SMILES string of the molecule is Nc1cc(F)c(Br)cc1-n1ncc2ccccc21. The molecule has 3 nitrogen and oxygen atoms in total. The highest BCUT2D eigenvalue weighted by Crippen LogP contribution is 2.27. The zero-order valence-corrected chi connectivity index (χ0v) is 10.9. The van der Waals surface area contributed by atoms with Gasteiger partial charge in [0.2, 0.25) is 0 Å². The Balaban J connectivity index is 2.29. The fraction of sp³-hybridized carbons (Fsp3) is 0. The molecule has 0 aliphatic carbocycles. The minimum Gasteiger partial charge on any atom is -0.397 e. The first-order valence-electron chi connectivity index (χ1n) is 5.34. The van der Waals surface area contributed by atoms with E-state index in [1.54, 1.807) is 16.9 Å². The van der Waals surface area contributed by atoms with Crippen LogP contribution in [0.25, 0.3) is 16.6 Å². The minimum absolute atomic E-state index is 0.351. The third-order valence-corrected chi connectivity index (χ3v) is 3.38. The Morgan fingerprint density at radius 3 is 2.83 bits per heavy atom. The van der Waals surface area contributed by atoms with Gasteiger partial charge in [0.05, 0.1) is 27.6 Å². The Hall–Kier alpha value is -1.88. The molecule has 3 rings (SSSR count). The van der Waals surface area contributed by atoms with Gasteiger partial charge in [-0.2, -0.15) is 5.10 Å². The van der Waals surface area contributed by atoms with E-state index >= 15 is 0 Å². The van der Waals surface area contributed by atoms with Crippen molar-refractivity contribution in [3.63, 3.8) is 0 Å². The van der Waals surface area contributed by atoms with Crippen molar-refractivity contribution in [3.8, 4) is 5.69 Å². The highest BCUT2D eigenvalue weighted by Gasteiger charge is 2.10. The number of para-hydroxylation sites is 1. The molecule has 0 unspecified atom stereocenters. The van der Waals surface area contributed by atoms with Crippen molar-refractivity contribution in [2.45, 2.75) is 0 Å². The monoisotopic (exact) mass is 305 g/mol. The molecule has 5 heteroatoms. The number of hydrogen-bond acceptors (Lipinski definition) is 2. The van der Waals surface area contributed by atoms with Crippen molar-refractivity contribution >= 4 is 32.5 Å². The number of rotatable bonds is 1. The number of nitrogens with two attached hydrogens (primary N) is 1. The number of benzene rings is 2. The molecule has 3 aromatic rings. The molecule has 0 spiro atoms. The van der Waals surface area contributed by atoms with Gasteiger partial charge in [-0.15, -0.1) is 0 Å². The molecule has 1 heterocycles. The lowest BCUT2D eigenvalue weighted by atomic mass is 10.2. The standard InChI is InChI=1S/C13H9BrFN3/c14-9-5-13(11(16)6-10(9)15)18-12-4-2-1-3-8(12)7-17-18/h1-7H,16H2. The second-order valence-electron chi connectivity index (χ2n) is 3.94. The molecule has 1 aromatic heterocycles. The first kappa shape index (κ1) is 11.2. The van der Waals surface area contributed by atoms with Crippen LogP contribution < -0.4 is 5.73 Å². The first-order valence-corrected chi connectivity index (χ1v) is 6.14. The molecule has 0 aliphatic rings. The molecule has 0 atom stereocenters. The van der Waals surface area contributed by atoms with Gasteiger partial charge in [-0.25, -0.2) is 9.07 Å². The van der Waals surface area contributed by atoms with Crippen LogP contribution in [0, 0.1) is 5.82 Å². The van der Waals surface area contributed by atoms with E-state index in [4.69, 9.17) is 5.73 Å². The Morgan fingerprint density at radius 2 is 2.00 bits per heavy atom. The Bertz CT molecular complexity index is 736. The highest BCUT2D eigenvalue weighted by molar-refractivity contribution is 9.10. The first-order chi connectivity index (χ1) is 8.66. The van der Waals surface area contributed by atoms with Gasteiger partial charge in [-0.05, 0) is 28.1 Å². The van der Waals surface area contributed by atoms with E-state index in [9.17, 15) is 4.39 Å². The molecule has 0 saturated carbocycles. The summed E-state index contributed by atoms with van der Waals surface area (Å²) in [5.41, 5.74) is 7.79. The molecular formula is C13H9BrFN3. The molecule has 0 saturated heterocycles. The lowest BCUT2D eigenvalue weighted by Crippen LogP contribution is -2.02. The predicted molar refractivity (Wildman–Crippen MR) is 73.1 cm³/mol. The fourth-order valence-corrected chi connectivity index (χ4v) is 2.23. The van der Waals surface area contributed by atoms with E-state index in [-0.39, 0.29) is 5.82 Å².